The maximum Gasteiger partial charge on any atom is 0.432 e. The highest BCUT2D eigenvalue weighted by molar-refractivity contribution is 5.51. The van der Waals surface area contributed by atoms with Crippen LogP contribution in [0.2, 0.25) is 0 Å². The summed E-state index contributed by atoms with van der Waals surface area (Å²) in [5.74, 6) is 0.734. The summed E-state index contributed by atoms with van der Waals surface area (Å²) in [6, 6.07) is 10.1. The van der Waals surface area contributed by atoms with Crippen molar-refractivity contribution >= 4 is 6.01 Å². The maximum absolute atomic E-state index is 5.51. The Morgan fingerprint density at radius 2 is 2.00 bits per heavy atom. The summed E-state index contributed by atoms with van der Waals surface area (Å²) in [6.07, 6.45) is 0. The van der Waals surface area contributed by atoms with Gasteiger partial charge in [-0.1, -0.05) is 18.2 Å². The third-order valence-corrected chi connectivity index (χ3v) is 1.91. The molecule has 4 nitrogen and oxygen atoms in total. The largest absolute Gasteiger partial charge is 0.432 e. The number of anilines is 1. The van der Waals surface area contributed by atoms with E-state index in [9.17, 15) is 0 Å². The molecule has 0 fully saturated rings. The fraction of sp³-hybridized carbons (Fsp3) is 0.111. The first kappa shape index (κ1) is 7.79. The Morgan fingerprint density at radius 1 is 1.31 bits per heavy atom. The highest BCUT2D eigenvalue weighted by Crippen LogP contribution is 2.12. The Labute approximate surface area is 75.6 Å². The lowest BCUT2D eigenvalue weighted by Gasteiger charge is -1.91. The second kappa shape index (κ2) is 2.90. The molecular weight excluding hydrogens is 166 g/mol. The van der Waals surface area contributed by atoms with Crippen LogP contribution in [-0.4, -0.2) is 5.16 Å². The van der Waals surface area contributed by atoms with Crippen molar-refractivity contribution in [3.8, 4) is 11.4 Å². The molecule has 0 unspecified atom stereocenters. The van der Waals surface area contributed by atoms with Crippen LogP contribution in [0, 0.1) is 0 Å². The van der Waals surface area contributed by atoms with E-state index in [-0.39, 0.29) is 0 Å². The van der Waals surface area contributed by atoms with E-state index in [4.69, 9.17) is 10.3 Å². The predicted octanol–water partition coefficient (Wildman–Crippen LogP) is 0.748. The molecule has 2 aromatic rings. The van der Waals surface area contributed by atoms with Gasteiger partial charge in [-0.25, -0.2) is 4.52 Å². The van der Waals surface area contributed by atoms with Gasteiger partial charge in [-0.05, 0) is 12.1 Å². The minimum absolute atomic E-state index is 0.304. The van der Waals surface area contributed by atoms with Crippen molar-refractivity contribution < 1.29 is 9.09 Å². The van der Waals surface area contributed by atoms with E-state index < -0.39 is 0 Å². The first-order valence-electron chi connectivity index (χ1n) is 3.95. The molecule has 0 spiro atoms. The molecule has 0 amide bonds. The van der Waals surface area contributed by atoms with Crippen LogP contribution in [0.4, 0.5) is 6.01 Å². The van der Waals surface area contributed by atoms with E-state index in [1.807, 2.05) is 37.4 Å². The van der Waals surface area contributed by atoms with E-state index in [0.717, 1.165) is 11.4 Å². The molecular formula is C9H10N3O+. The van der Waals surface area contributed by atoms with E-state index in [2.05, 4.69) is 5.16 Å². The van der Waals surface area contributed by atoms with E-state index >= 15 is 0 Å². The van der Waals surface area contributed by atoms with Crippen molar-refractivity contribution in [3.63, 3.8) is 0 Å². The minimum atomic E-state index is 0.304. The molecule has 0 aliphatic heterocycles. The average Bonchev–Trinajstić information content (AvgIpc) is 2.49. The molecule has 1 heterocycles. The lowest BCUT2D eigenvalue weighted by Crippen LogP contribution is -2.31. The lowest BCUT2D eigenvalue weighted by atomic mass is 10.2. The van der Waals surface area contributed by atoms with Crippen molar-refractivity contribution in [2.24, 2.45) is 7.05 Å². The molecule has 0 radical (unpaired) electrons. The number of nitrogen functional groups attached to an aromatic ring is 1. The van der Waals surface area contributed by atoms with Crippen LogP contribution in [0.3, 0.4) is 0 Å². The SMILES string of the molecule is C[n+]1c(-c2ccccc2)noc1N. The lowest BCUT2D eigenvalue weighted by molar-refractivity contribution is -0.648. The van der Waals surface area contributed by atoms with Crippen molar-refractivity contribution in [1.82, 2.24) is 5.16 Å². The normalized spacial score (nSPS) is 10.2. The Bertz CT molecular complexity index is 408. The second-order valence-corrected chi connectivity index (χ2v) is 2.77. The number of nitrogens with two attached hydrogens (primary N) is 1. The van der Waals surface area contributed by atoms with Crippen LogP contribution in [-0.2, 0) is 7.05 Å². The van der Waals surface area contributed by atoms with E-state index in [1.165, 1.54) is 0 Å². The van der Waals surface area contributed by atoms with Crippen molar-refractivity contribution in [1.29, 1.82) is 0 Å². The summed E-state index contributed by atoms with van der Waals surface area (Å²) in [5, 5.41) is 3.85. The van der Waals surface area contributed by atoms with Gasteiger partial charge in [0.15, 0.2) is 0 Å². The molecule has 0 saturated carbocycles. The van der Waals surface area contributed by atoms with Crippen LogP contribution in [0.15, 0.2) is 34.9 Å². The number of aromatic nitrogens is 2. The molecule has 13 heavy (non-hydrogen) atoms. The van der Waals surface area contributed by atoms with Gasteiger partial charge in [-0.2, -0.15) is 4.57 Å². The van der Waals surface area contributed by atoms with E-state index in [1.54, 1.807) is 4.57 Å². The zero-order chi connectivity index (χ0) is 9.26. The third kappa shape index (κ3) is 1.26. The molecule has 0 aliphatic rings. The minimum Gasteiger partial charge on any atom is -0.283 e. The van der Waals surface area contributed by atoms with Crippen LogP contribution >= 0.6 is 0 Å². The van der Waals surface area contributed by atoms with Gasteiger partial charge in [0.2, 0.25) is 0 Å². The zero-order valence-corrected chi connectivity index (χ0v) is 7.27. The van der Waals surface area contributed by atoms with Crippen molar-refractivity contribution in [3.05, 3.63) is 30.3 Å². The molecule has 66 valence electrons. The Morgan fingerprint density at radius 3 is 2.54 bits per heavy atom. The number of hydrogen-bond donors (Lipinski definition) is 1. The molecule has 0 saturated heterocycles. The summed E-state index contributed by atoms with van der Waals surface area (Å²) >= 11 is 0. The third-order valence-electron chi connectivity index (χ3n) is 1.91. The molecule has 2 N–H and O–H groups in total. The first-order chi connectivity index (χ1) is 6.29. The molecule has 1 aromatic carbocycles. The molecule has 0 aliphatic carbocycles. The standard InChI is InChI=1S/C9H9N3O/c1-12-8(11-13-9(12)10)7-5-3-2-4-6-7/h2-6,10H,1H3/p+1. The van der Waals surface area contributed by atoms with Gasteiger partial charge in [0.05, 0.1) is 17.8 Å². The van der Waals surface area contributed by atoms with Gasteiger partial charge in [0.25, 0.3) is 0 Å². The summed E-state index contributed by atoms with van der Waals surface area (Å²) in [4.78, 5) is 0. The highest BCUT2D eigenvalue weighted by atomic mass is 16.5. The van der Waals surface area contributed by atoms with Crippen LogP contribution in [0.1, 0.15) is 0 Å². The molecule has 2 rings (SSSR count). The fourth-order valence-electron chi connectivity index (χ4n) is 1.15. The number of hydrogen-bond acceptors (Lipinski definition) is 3. The molecule has 0 bridgehead atoms. The molecule has 4 heteroatoms. The van der Waals surface area contributed by atoms with Crippen LogP contribution in [0.25, 0.3) is 11.4 Å². The Hall–Kier alpha value is -1.84. The van der Waals surface area contributed by atoms with E-state index in [0.29, 0.717) is 6.01 Å². The van der Waals surface area contributed by atoms with Crippen molar-refractivity contribution in [2.45, 2.75) is 0 Å². The number of benzene rings is 1. The Balaban J connectivity index is 2.53. The van der Waals surface area contributed by atoms with Gasteiger partial charge < -0.3 is 0 Å². The van der Waals surface area contributed by atoms with Gasteiger partial charge in [-0.3, -0.25) is 5.73 Å². The van der Waals surface area contributed by atoms with Gasteiger partial charge >= 0.3 is 11.8 Å². The topological polar surface area (TPSA) is 55.9 Å². The quantitative estimate of drug-likeness (QED) is 0.652. The van der Waals surface area contributed by atoms with Gasteiger partial charge in [0, 0.05) is 0 Å². The van der Waals surface area contributed by atoms with Crippen LogP contribution in [0.5, 0.6) is 0 Å². The van der Waals surface area contributed by atoms with Crippen LogP contribution < -0.4 is 10.3 Å². The number of nitrogens with zero attached hydrogens (tertiary/aromatic N) is 2. The summed E-state index contributed by atoms with van der Waals surface area (Å²) < 4.78 is 6.54. The summed E-state index contributed by atoms with van der Waals surface area (Å²) in [6.45, 7) is 0. The average molecular weight is 176 g/mol. The highest BCUT2D eigenvalue weighted by Gasteiger charge is 2.16. The monoisotopic (exact) mass is 176 g/mol. The number of rotatable bonds is 1. The Kier molecular flexibility index (Phi) is 1.73. The maximum atomic E-state index is 5.51. The predicted molar refractivity (Wildman–Crippen MR) is 47.5 cm³/mol. The fourth-order valence-corrected chi connectivity index (χ4v) is 1.15. The summed E-state index contributed by atoms with van der Waals surface area (Å²) in [7, 11) is 1.81. The second-order valence-electron chi connectivity index (χ2n) is 2.77. The smallest absolute Gasteiger partial charge is 0.283 e. The molecule has 1 aromatic heterocycles. The van der Waals surface area contributed by atoms with Gasteiger partial charge in [-0.15, -0.1) is 0 Å². The summed E-state index contributed by atoms with van der Waals surface area (Å²) in [5.41, 5.74) is 6.50. The van der Waals surface area contributed by atoms with Gasteiger partial charge in [0.1, 0.15) is 0 Å². The first-order valence-corrected chi connectivity index (χ1v) is 3.95. The zero-order valence-electron chi connectivity index (χ0n) is 7.27. The van der Waals surface area contributed by atoms with Crippen molar-refractivity contribution in [2.75, 3.05) is 5.73 Å². The molecule has 0 atom stereocenters.